The van der Waals surface area contributed by atoms with Crippen LogP contribution in [0.5, 0.6) is 0 Å². The molecular weight excluding hydrogens is 338 g/mol. The van der Waals surface area contributed by atoms with Crippen LogP contribution in [0.2, 0.25) is 0 Å². The fourth-order valence-electron chi connectivity index (χ4n) is 2.62. The van der Waals surface area contributed by atoms with Crippen molar-refractivity contribution in [1.82, 2.24) is 0 Å². The van der Waals surface area contributed by atoms with E-state index in [-0.39, 0.29) is 0 Å². The van der Waals surface area contributed by atoms with E-state index in [1.807, 2.05) is 0 Å². The monoisotopic (exact) mass is 356 g/mol. The van der Waals surface area contributed by atoms with Gasteiger partial charge in [-0.25, -0.2) is 0 Å². The van der Waals surface area contributed by atoms with Crippen LogP contribution in [-0.2, 0) is 0 Å². The van der Waals surface area contributed by atoms with Gasteiger partial charge in [0.15, 0.2) is 0 Å². The fourth-order valence-corrected chi connectivity index (χ4v) is 8.35. The summed E-state index contributed by atoms with van der Waals surface area (Å²) >= 11 is 3.59. The van der Waals surface area contributed by atoms with E-state index in [4.69, 9.17) is 0 Å². The Kier molecular flexibility index (Phi) is 4.27. The SMILES string of the molecule is Cc1ccccc1P(=[Se])(c1ccccc1)c1ccccc1. The number of benzene rings is 3. The Hall–Kier alpha value is -1.39. The summed E-state index contributed by atoms with van der Waals surface area (Å²) in [6.07, 6.45) is 0. The summed E-state index contributed by atoms with van der Waals surface area (Å²) in [6, 6.07) is 30.3. The second-order valence-corrected chi connectivity index (χ2v) is 11.2. The van der Waals surface area contributed by atoms with Gasteiger partial charge in [0.1, 0.15) is 0 Å². The summed E-state index contributed by atoms with van der Waals surface area (Å²) in [6.45, 7) is 2.20. The third kappa shape index (κ3) is 2.70. The number of hydrogen-bond donors (Lipinski definition) is 0. The molecule has 0 spiro atoms. The predicted octanol–water partition coefficient (Wildman–Crippen LogP) is 3.37. The summed E-state index contributed by atoms with van der Waals surface area (Å²) in [5.74, 6) is 0. The quantitative estimate of drug-likeness (QED) is 0.499. The topological polar surface area (TPSA) is 0 Å². The Bertz CT molecular complexity index is 735. The molecule has 2 heteroatoms. The molecule has 0 amide bonds. The molecule has 21 heavy (non-hydrogen) atoms. The van der Waals surface area contributed by atoms with Gasteiger partial charge in [-0.15, -0.1) is 0 Å². The van der Waals surface area contributed by atoms with Gasteiger partial charge in [0.25, 0.3) is 0 Å². The maximum absolute atomic E-state index is 3.59. The first-order valence-corrected chi connectivity index (χ1v) is 11.0. The molecule has 0 unspecified atom stereocenters. The minimum absolute atomic E-state index is 1.34. The van der Waals surface area contributed by atoms with Crippen LogP contribution in [0.25, 0.3) is 0 Å². The van der Waals surface area contributed by atoms with Crippen molar-refractivity contribution >= 4 is 36.5 Å². The molecule has 0 saturated heterocycles. The van der Waals surface area contributed by atoms with Crippen molar-refractivity contribution in [3.05, 3.63) is 90.5 Å². The Morgan fingerprint density at radius 3 is 1.52 bits per heavy atom. The van der Waals surface area contributed by atoms with Crippen molar-refractivity contribution in [2.75, 3.05) is 0 Å². The zero-order valence-electron chi connectivity index (χ0n) is 11.9. The second-order valence-electron chi connectivity index (χ2n) is 5.07. The normalized spacial score (nSPS) is 11.3. The average Bonchev–Trinajstić information content (AvgIpc) is 2.56. The van der Waals surface area contributed by atoms with Crippen molar-refractivity contribution in [1.29, 1.82) is 0 Å². The summed E-state index contributed by atoms with van der Waals surface area (Å²) in [5, 5.41) is 4.18. The zero-order chi connectivity index (χ0) is 14.7. The third-order valence-electron chi connectivity index (χ3n) is 3.69. The molecule has 0 fully saturated rings. The molecule has 3 aromatic carbocycles. The van der Waals surface area contributed by atoms with E-state index >= 15 is 0 Å². The maximum atomic E-state index is 3.59. The van der Waals surface area contributed by atoms with Gasteiger partial charge >= 0.3 is 134 Å². The van der Waals surface area contributed by atoms with E-state index in [9.17, 15) is 0 Å². The Morgan fingerprint density at radius 1 is 0.619 bits per heavy atom. The van der Waals surface area contributed by atoms with Gasteiger partial charge in [-0.05, 0) is 0 Å². The van der Waals surface area contributed by atoms with Gasteiger partial charge in [0.05, 0.1) is 0 Å². The molecule has 0 atom stereocenters. The van der Waals surface area contributed by atoms with Gasteiger partial charge in [0.2, 0.25) is 0 Å². The molecule has 0 aromatic heterocycles. The Balaban J connectivity index is 2.32. The summed E-state index contributed by atoms with van der Waals surface area (Å²) < 4.78 is 0. The number of aryl methyl sites for hydroxylation is 1. The molecule has 0 radical (unpaired) electrons. The summed E-state index contributed by atoms with van der Waals surface area (Å²) in [5.41, 5.74) is -0.344. The van der Waals surface area contributed by atoms with Crippen LogP contribution in [0.15, 0.2) is 84.9 Å². The van der Waals surface area contributed by atoms with Crippen LogP contribution in [0, 0.1) is 6.92 Å². The van der Waals surface area contributed by atoms with E-state index < -0.39 is 5.51 Å². The zero-order valence-corrected chi connectivity index (χ0v) is 14.5. The molecule has 104 valence electrons. The van der Waals surface area contributed by atoms with Crippen LogP contribution >= 0.6 is 5.51 Å². The van der Waals surface area contributed by atoms with Crippen LogP contribution < -0.4 is 15.9 Å². The molecule has 0 heterocycles. The summed E-state index contributed by atoms with van der Waals surface area (Å²) in [7, 11) is 0. The number of hydrogen-bond acceptors (Lipinski definition) is 0. The first kappa shape index (κ1) is 14.5. The molecule has 0 nitrogen and oxygen atoms in total. The minimum atomic E-state index is -1.69. The van der Waals surface area contributed by atoms with Crippen molar-refractivity contribution in [3.8, 4) is 0 Å². The molecule has 0 bridgehead atoms. The fraction of sp³-hybridized carbons (Fsp3) is 0.0526. The third-order valence-corrected chi connectivity index (χ3v) is 10.8. The van der Waals surface area contributed by atoms with E-state index in [1.54, 1.807) is 0 Å². The van der Waals surface area contributed by atoms with Gasteiger partial charge in [0, 0.05) is 0 Å². The molecule has 0 aliphatic rings. The standard InChI is InChI=1S/C19H17PSe/c1-16-10-8-9-15-19(16)20(21,17-11-4-2-5-12-17)18-13-6-3-7-14-18/h2-15H,1H3. The van der Waals surface area contributed by atoms with Gasteiger partial charge < -0.3 is 0 Å². The van der Waals surface area contributed by atoms with Crippen LogP contribution in [0.3, 0.4) is 0 Å². The van der Waals surface area contributed by atoms with Crippen molar-refractivity contribution in [2.45, 2.75) is 6.92 Å². The molecule has 3 aromatic rings. The average molecular weight is 355 g/mol. The summed E-state index contributed by atoms with van der Waals surface area (Å²) in [4.78, 5) is 0. The first-order chi connectivity index (χ1) is 10.2. The molecule has 0 N–H and O–H groups in total. The van der Waals surface area contributed by atoms with Gasteiger partial charge in [-0.1, -0.05) is 0 Å². The van der Waals surface area contributed by atoms with Crippen molar-refractivity contribution in [3.63, 3.8) is 0 Å². The molecule has 0 saturated carbocycles. The number of rotatable bonds is 3. The molecular formula is C19H17PSe. The Labute approximate surface area is 134 Å². The second kappa shape index (κ2) is 6.16. The molecule has 0 aliphatic heterocycles. The van der Waals surface area contributed by atoms with Crippen LogP contribution in [0.1, 0.15) is 5.56 Å². The van der Waals surface area contributed by atoms with E-state index in [2.05, 4.69) is 107 Å². The molecule has 0 aliphatic carbocycles. The van der Waals surface area contributed by atoms with Crippen molar-refractivity contribution in [2.24, 2.45) is 0 Å². The molecule has 3 rings (SSSR count). The predicted molar refractivity (Wildman–Crippen MR) is 95.6 cm³/mol. The van der Waals surface area contributed by atoms with Crippen LogP contribution in [0.4, 0.5) is 0 Å². The van der Waals surface area contributed by atoms with E-state index in [1.165, 1.54) is 21.5 Å². The Morgan fingerprint density at radius 2 is 1.05 bits per heavy atom. The van der Waals surface area contributed by atoms with E-state index in [0.29, 0.717) is 0 Å². The van der Waals surface area contributed by atoms with Gasteiger partial charge in [-0.3, -0.25) is 0 Å². The van der Waals surface area contributed by atoms with Crippen molar-refractivity contribution < 1.29 is 0 Å². The first-order valence-electron chi connectivity index (χ1n) is 7.00. The van der Waals surface area contributed by atoms with Crippen LogP contribution in [-0.4, -0.2) is 15.1 Å². The van der Waals surface area contributed by atoms with Gasteiger partial charge in [-0.2, -0.15) is 0 Å². The van der Waals surface area contributed by atoms with E-state index in [0.717, 1.165) is 0 Å².